The first-order chi connectivity index (χ1) is 22.5. The molecule has 250 valence electrons. The number of amides is 3. The van der Waals surface area contributed by atoms with Crippen molar-refractivity contribution in [2.45, 2.75) is 83.6 Å². The Kier molecular flexibility index (Phi) is 12.6. The topological polar surface area (TPSA) is 114 Å². The lowest BCUT2D eigenvalue weighted by atomic mass is 10.0. The third-order valence-corrected chi connectivity index (χ3v) is 7.87. The highest BCUT2D eigenvalue weighted by Gasteiger charge is 2.34. The van der Waals surface area contributed by atoms with Crippen molar-refractivity contribution >= 4 is 23.9 Å². The lowest BCUT2D eigenvalue weighted by molar-refractivity contribution is -0.149. The quantitative estimate of drug-likeness (QED) is 0.203. The van der Waals surface area contributed by atoms with Crippen LogP contribution in [0, 0.1) is 5.92 Å². The van der Waals surface area contributed by atoms with Crippen LogP contribution in [0.1, 0.15) is 69.6 Å². The molecule has 3 atom stereocenters. The number of ether oxygens (including phenoxy) is 2. The predicted molar refractivity (Wildman–Crippen MR) is 180 cm³/mol. The van der Waals surface area contributed by atoms with Crippen LogP contribution in [-0.2, 0) is 36.9 Å². The van der Waals surface area contributed by atoms with Gasteiger partial charge in [0.1, 0.15) is 30.8 Å². The lowest BCUT2D eigenvalue weighted by Gasteiger charge is -2.30. The average molecular weight is 642 g/mol. The molecule has 0 spiro atoms. The van der Waals surface area contributed by atoms with Crippen LogP contribution in [0.4, 0.5) is 4.79 Å². The number of carbonyl (C=O) groups excluding carboxylic acids is 4. The fraction of sp³-hybridized carbons (Fsp3) is 0.421. The molecule has 1 fully saturated rings. The van der Waals surface area contributed by atoms with Gasteiger partial charge in [0.25, 0.3) is 0 Å². The molecule has 3 aromatic carbocycles. The molecule has 0 bridgehead atoms. The van der Waals surface area contributed by atoms with Crippen LogP contribution in [0.25, 0.3) is 0 Å². The second-order valence-electron chi connectivity index (χ2n) is 13.3. The van der Waals surface area contributed by atoms with Gasteiger partial charge in [-0.15, -0.1) is 0 Å². The summed E-state index contributed by atoms with van der Waals surface area (Å²) in [5, 5.41) is 5.72. The van der Waals surface area contributed by atoms with E-state index in [4.69, 9.17) is 9.47 Å². The van der Waals surface area contributed by atoms with Gasteiger partial charge in [0.05, 0.1) is 0 Å². The van der Waals surface area contributed by atoms with Gasteiger partial charge in [0.2, 0.25) is 11.8 Å². The Bertz CT molecular complexity index is 1450. The molecule has 3 aromatic rings. The molecule has 1 saturated carbocycles. The van der Waals surface area contributed by atoms with E-state index in [1.165, 1.54) is 4.90 Å². The van der Waals surface area contributed by atoms with Gasteiger partial charge in [-0.2, -0.15) is 0 Å². The van der Waals surface area contributed by atoms with Crippen molar-refractivity contribution in [3.63, 3.8) is 0 Å². The smallest absolute Gasteiger partial charge is 0.410 e. The molecule has 0 radical (unpaired) electrons. The molecular weight excluding hydrogens is 594 g/mol. The summed E-state index contributed by atoms with van der Waals surface area (Å²) >= 11 is 0. The third kappa shape index (κ3) is 12.2. The zero-order valence-electron chi connectivity index (χ0n) is 27.8. The summed E-state index contributed by atoms with van der Waals surface area (Å²) in [5.74, 6) is -1.26. The fourth-order valence-corrected chi connectivity index (χ4v) is 5.22. The highest BCUT2D eigenvalue weighted by molar-refractivity contribution is 5.92. The summed E-state index contributed by atoms with van der Waals surface area (Å²) in [5.41, 5.74) is 1.94. The highest BCUT2D eigenvalue weighted by Crippen LogP contribution is 2.34. The van der Waals surface area contributed by atoms with Crippen LogP contribution in [-0.4, -0.2) is 59.6 Å². The minimum atomic E-state index is -0.999. The zero-order chi connectivity index (χ0) is 33.8. The molecule has 2 N–H and O–H groups in total. The van der Waals surface area contributed by atoms with Crippen molar-refractivity contribution in [1.82, 2.24) is 15.5 Å². The van der Waals surface area contributed by atoms with E-state index in [1.54, 1.807) is 20.8 Å². The Hall–Kier alpha value is -4.66. The summed E-state index contributed by atoms with van der Waals surface area (Å²) in [6.07, 6.45) is 2.02. The van der Waals surface area contributed by atoms with Crippen molar-refractivity contribution in [1.29, 1.82) is 0 Å². The van der Waals surface area contributed by atoms with Crippen LogP contribution < -0.4 is 10.6 Å². The monoisotopic (exact) mass is 641 g/mol. The molecule has 0 heterocycles. The Morgan fingerprint density at radius 1 is 0.809 bits per heavy atom. The zero-order valence-corrected chi connectivity index (χ0v) is 27.8. The maximum Gasteiger partial charge on any atom is 0.410 e. The van der Waals surface area contributed by atoms with E-state index in [0.29, 0.717) is 12.3 Å². The van der Waals surface area contributed by atoms with Gasteiger partial charge in [-0.1, -0.05) is 111 Å². The largest absolute Gasteiger partial charge is 0.459 e. The van der Waals surface area contributed by atoms with Gasteiger partial charge in [-0.3, -0.25) is 14.5 Å². The number of hydrogen-bond acceptors (Lipinski definition) is 6. The first-order valence-electron chi connectivity index (χ1n) is 16.3. The Morgan fingerprint density at radius 3 is 1.96 bits per heavy atom. The normalized spacial score (nSPS) is 14.6. The van der Waals surface area contributed by atoms with Crippen molar-refractivity contribution in [3.05, 3.63) is 108 Å². The number of esters is 1. The molecule has 0 aliphatic heterocycles. The fourth-order valence-electron chi connectivity index (χ4n) is 5.22. The molecule has 9 heteroatoms. The number of hydrogen-bond donors (Lipinski definition) is 2. The highest BCUT2D eigenvalue weighted by atomic mass is 16.6. The van der Waals surface area contributed by atoms with Gasteiger partial charge in [-0.25, -0.2) is 9.59 Å². The van der Waals surface area contributed by atoms with Crippen molar-refractivity contribution < 1.29 is 28.7 Å². The molecule has 47 heavy (non-hydrogen) atoms. The SMILES string of the molecule is C[C@@H](CN(CC(=O)N[C@H](Cc1ccccc1)C(=O)N[C@H](CC1CC1)C(=O)OCc1ccccc1)C(=O)OC(C)(C)C)c1ccccc1. The molecule has 1 aliphatic rings. The van der Waals surface area contributed by atoms with Gasteiger partial charge in [0, 0.05) is 13.0 Å². The summed E-state index contributed by atoms with van der Waals surface area (Å²) in [6.45, 7) is 7.32. The first-order valence-corrected chi connectivity index (χ1v) is 16.3. The Balaban J connectivity index is 1.48. The summed E-state index contributed by atoms with van der Waals surface area (Å²) in [7, 11) is 0. The standard InChI is InChI=1S/C38H47N3O6/c1-27(31-18-12-7-13-19-31)24-41(37(45)47-38(2,3)4)25-34(42)39-32(22-28-14-8-5-9-15-28)35(43)40-33(23-29-20-21-29)36(44)46-26-30-16-10-6-11-17-30/h5-19,27,29,32-33H,20-26H2,1-4H3,(H,39,42)(H,40,43)/t27-,32+,33+/m0/s1. The van der Waals surface area contributed by atoms with Crippen LogP contribution in [0.5, 0.6) is 0 Å². The maximum atomic E-state index is 13.8. The number of carbonyl (C=O) groups is 4. The molecule has 9 nitrogen and oxygen atoms in total. The first kappa shape index (κ1) is 35.2. The number of nitrogens with one attached hydrogen (secondary N) is 2. The number of benzene rings is 3. The van der Waals surface area contributed by atoms with E-state index in [2.05, 4.69) is 10.6 Å². The van der Waals surface area contributed by atoms with Crippen molar-refractivity contribution in [3.8, 4) is 0 Å². The molecular formula is C38H47N3O6. The summed E-state index contributed by atoms with van der Waals surface area (Å²) in [6, 6.07) is 26.6. The Labute approximate surface area is 278 Å². The number of nitrogens with zero attached hydrogens (tertiary/aromatic N) is 1. The minimum absolute atomic E-state index is 0.0787. The molecule has 0 saturated heterocycles. The van der Waals surface area contributed by atoms with Gasteiger partial charge in [0.15, 0.2) is 0 Å². The second kappa shape index (κ2) is 16.8. The van der Waals surface area contributed by atoms with Gasteiger partial charge < -0.3 is 20.1 Å². The molecule has 3 amide bonds. The lowest BCUT2D eigenvalue weighted by Crippen LogP contribution is -2.54. The average Bonchev–Trinajstić information content (AvgIpc) is 3.87. The maximum absolute atomic E-state index is 13.8. The summed E-state index contributed by atoms with van der Waals surface area (Å²) < 4.78 is 11.2. The van der Waals surface area contributed by atoms with E-state index in [1.807, 2.05) is 97.9 Å². The van der Waals surface area contributed by atoms with E-state index in [0.717, 1.165) is 29.5 Å². The Morgan fingerprint density at radius 2 is 1.38 bits per heavy atom. The van der Waals surface area contributed by atoms with Crippen LogP contribution in [0.2, 0.25) is 0 Å². The van der Waals surface area contributed by atoms with E-state index < -0.39 is 41.6 Å². The second-order valence-corrected chi connectivity index (χ2v) is 13.3. The van der Waals surface area contributed by atoms with Gasteiger partial charge in [-0.05, 0) is 55.7 Å². The van der Waals surface area contributed by atoms with E-state index in [9.17, 15) is 19.2 Å². The van der Waals surface area contributed by atoms with Crippen molar-refractivity contribution in [2.24, 2.45) is 5.92 Å². The van der Waals surface area contributed by atoms with Crippen LogP contribution in [0.3, 0.4) is 0 Å². The molecule has 0 unspecified atom stereocenters. The predicted octanol–water partition coefficient (Wildman–Crippen LogP) is 5.78. The van der Waals surface area contributed by atoms with E-state index >= 15 is 0 Å². The minimum Gasteiger partial charge on any atom is -0.459 e. The van der Waals surface area contributed by atoms with Crippen LogP contribution in [0.15, 0.2) is 91.0 Å². The van der Waals surface area contributed by atoms with Crippen LogP contribution >= 0.6 is 0 Å². The molecule has 4 rings (SSSR count). The molecule has 1 aliphatic carbocycles. The molecule has 0 aromatic heterocycles. The van der Waals surface area contributed by atoms with Gasteiger partial charge >= 0.3 is 12.1 Å². The summed E-state index contributed by atoms with van der Waals surface area (Å²) in [4.78, 5) is 55.2. The number of rotatable bonds is 15. The van der Waals surface area contributed by atoms with E-state index in [-0.39, 0.29) is 32.0 Å². The third-order valence-electron chi connectivity index (χ3n) is 7.87. The van der Waals surface area contributed by atoms with Crippen molar-refractivity contribution in [2.75, 3.05) is 13.1 Å².